The lowest BCUT2D eigenvalue weighted by Gasteiger charge is -2.02. The highest BCUT2D eigenvalue weighted by atomic mass is 15.0. The molecule has 13 heavy (non-hydrogen) atoms. The summed E-state index contributed by atoms with van der Waals surface area (Å²) in [6, 6.07) is 6.07. The van der Waals surface area contributed by atoms with E-state index < -0.39 is 0 Å². The predicted molar refractivity (Wildman–Crippen MR) is 52.6 cm³/mol. The van der Waals surface area contributed by atoms with E-state index in [2.05, 4.69) is 22.4 Å². The highest BCUT2D eigenvalue weighted by molar-refractivity contribution is 5.44. The Morgan fingerprint density at radius 3 is 2.85 bits per heavy atom. The lowest BCUT2D eigenvalue weighted by Crippen LogP contribution is -2.04. The SMILES string of the molecule is Cc1nc2cccc(C)n2c1CN. The Bertz CT molecular complexity index is 443. The molecule has 0 spiro atoms. The summed E-state index contributed by atoms with van der Waals surface area (Å²) in [5, 5.41) is 0. The number of nitrogens with zero attached hydrogens (tertiary/aromatic N) is 2. The van der Waals surface area contributed by atoms with Gasteiger partial charge in [0.2, 0.25) is 0 Å². The van der Waals surface area contributed by atoms with Crippen LogP contribution in [0.4, 0.5) is 0 Å². The van der Waals surface area contributed by atoms with Crippen LogP contribution < -0.4 is 5.73 Å². The lowest BCUT2D eigenvalue weighted by atomic mass is 10.3. The van der Waals surface area contributed by atoms with E-state index in [1.54, 1.807) is 0 Å². The number of nitrogens with two attached hydrogens (primary N) is 1. The van der Waals surface area contributed by atoms with E-state index in [-0.39, 0.29) is 0 Å². The fraction of sp³-hybridized carbons (Fsp3) is 0.300. The first kappa shape index (κ1) is 8.26. The molecular weight excluding hydrogens is 162 g/mol. The second-order valence-corrected chi connectivity index (χ2v) is 3.21. The van der Waals surface area contributed by atoms with Crippen molar-refractivity contribution >= 4 is 5.65 Å². The molecule has 0 saturated heterocycles. The van der Waals surface area contributed by atoms with Crippen LogP contribution in [-0.2, 0) is 6.54 Å². The molecular formula is C10H13N3. The zero-order valence-electron chi connectivity index (χ0n) is 7.91. The molecule has 2 aromatic heterocycles. The maximum absolute atomic E-state index is 5.67. The topological polar surface area (TPSA) is 43.3 Å². The fourth-order valence-electron chi connectivity index (χ4n) is 1.68. The Morgan fingerprint density at radius 1 is 1.38 bits per heavy atom. The Labute approximate surface area is 77.2 Å². The van der Waals surface area contributed by atoms with Gasteiger partial charge in [0.05, 0.1) is 11.4 Å². The molecule has 0 aromatic carbocycles. The second kappa shape index (κ2) is 2.85. The third kappa shape index (κ3) is 1.12. The van der Waals surface area contributed by atoms with Crippen LogP contribution in [0.1, 0.15) is 17.1 Å². The Balaban J connectivity index is 2.88. The molecule has 0 unspecified atom stereocenters. The Hall–Kier alpha value is -1.35. The molecule has 2 rings (SSSR count). The second-order valence-electron chi connectivity index (χ2n) is 3.21. The summed E-state index contributed by atoms with van der Waals surface area (Å²) in [5.41, 5.74) is 9.96. The summed E-state index contributed by atoms with van der Waals surface area (Å²) in [6.45, 7) is 4.60. The van der Waals surface area contributed by atoms with Crippen LogP contribution >= 0.6 is 0 Å². The highest BCUT2D eigenvalue weighted by Gasteiger charge is 2.07. The van der Waals surface area contributed by atoms with Gasteiger partial charge in [0.15, 0.2) is 0 Å². The molecule has 0 aliphatic carbocycles. The normalized spacial score (nSPS) is 11.0. The summed E-state index contributed by atoms with van der Waals surface area (Å²) in [4.78, 5) is 4.43. The molecule has 0 radical (unpaired) electrons. The first-order chi connectivity index (χ1) is 6.24. The zero-order chi connectivity index (χ0) is 9.42. The van der Waals surface area contributed by atoms with Crippen molar-refractivity contribution < 1.29 is 0 Å². The average Bonchev–Trinajstić information content (AvgIpc) is 2.42. The summed E-state index contributed by atoms with van der Waals surface area (Å²) in [6.07, 6.45) is 0. The van der Waals surface area contributed by atoms with Gasteiger partial charge in [-0.2, -0.15) is 0 Å². The number of aromatic nitrogens is 2. The van der Waals surface area contributed by atoms with Gasteiger partial charge < -0.3 is 5.73 Å². The average molecular weight is 175 g/mol. The van der Waals surface area contributed by atoms with Crippen molar-refractivity contribution in [1.29, 1.82) is 0 Å². The number of aryl methyl sites for hydroxylation is 2. The Kier molecular flexibility index (Phi) is 1.81. The van der Waals surface area contributed by atoms with Gasteiger partial charge in [-0.25, -0.2) is 4.98 Å². The van der Waals surface area contributed by atoms with Gasteiger partial charge >= 0.3 is 0 Å². The van der Waals surface area contributed by atoms with Gasteiger partial charge in [0.25, 0.3) is 0 Å². The molecule has 0 aliphatic heterocycles. The minimum atomic E-state index is 0.540. The van der Waals surface area contributed by atoms with Gasteiger partial charge in [0, 0.05) is 12.2 Å². The van der Waals surface area contributed by atoms with Gasteiger partial charge in [0.1, 0.15) is 5.65 Å². The molecule has 0 atom stereocenters. The van der Waals surface area contributed by atoms with Crippen molar-refractivity contribution in [3.8, 4) is 0 Å². The van der Waals surface area contributed by atoms with Gasteiger partial charge in [-0.15, -0.1) is 0 Å². The minimum absolute atomic E-state index is 0.540. The lowest BCUT2D eigenvalue weighted by molar-refractivity contribution is 0.920. The summed E-state index contributed by atoms with van der Waals surface area (Å²) >= 11 is 0. The van der Waals surface area contributed by atoms with Crippen LogP contribution in [-0.4, -0.2) is 9.38 Å². The number of hydrogen-bond acceptors (Lipinski definition) is 2. The molecule has 0 bridgehead atoms. The predicted octanol–water partition coefficient (Wildman–Crippen LogP) is 1.41. The number of imidazole rings is 1. The van der Waals surface area contributed by atoms with E-state index in [1.165, 1.54) is 5.69 Å². The largest absolute Gasteiger partial charge is 0.325 e. The number of fused-ring (bicyclic) bond motifs is 1. The number of hydrogen-bond donors (Lipinski definition) is 1. The van der Waals surface area contributed by atoms with Crippen LogP contribution in [0.5, 0.6) is 0 Å². The van der Waals surface area contributed by atoms with Gasteiger partial charge in [-0.05, 0) is 26.0 Å². The monoisotopic (exact) mass is 175 g/mol. The van der Waals surface area contributed by atoms with Crippen molar-refractivity contribution in [2.45, 2.75) is 20.4 Å². The third-order valence-electron chi connectivity index (χ3n) is 2.33. The van der Waals surface area contributed by atoms with Crippen LogP contribution in [0.15, 0.2) is 18.2 Å². The third-order valence-corrected chi connectivity index (χ3v) is 2.33. The Morgan fingerprint density at radius 2 is 2.15 bits per heavy atom. The maximum Gasteiger partial charge on any atom is 0.137 e. The molecule has 2 N–H and O–H groups in total. The van der Waals surface area contributed by atoms with Crippen molar-refractivity contribution in [2.75, 3.05) is 0 Å². The highest BCUT2D eigenvalue weighted by Crippen LogP contribution is 2.13. The summed E-state index contributed by atoms with van der Waals surface area (Å²) in [7, 11) is 0. The fourth-order valence-corrected chi connectivity index (χ4v) is 1.68. The molecule has 0 saturated carbocycles. The smallest absolute Gasteiger partial charge is 0.137 e. The van der Waals surface area contributed by atoms with E-state index in [0.717, 1.165) is 17.0 Å². The molecule has 0 aliphatic rings. The minimum Gasteiger partial charge on any atom is -0.325 e. The van der Waals surface area contributed by atoms with Crippen LogP contribution in [0.2, 0.25) is 0 Å². The first-order valence-corrected chi connectivity index (χ1v) is 4.37. The van der Waals surface area contributed by atoms with Crippen LogP contribution in [0.3, 0.4) is 0 Å². The van der Waals surface area contributed by atoms with Crippen molar-refractivity contribution in [3.63, 3.8) is 0 Å². The van der Waals surface area contributed by atoms with Crippen molar-refractivity contribution in [3.05, 3.63) is 35.3 Å². The summed E-state index contributed by atoms with van der Waals surface area (Å²) in [5.74, 6) is 0. The summed E-state index contributed by atoms with van der Waals surface area (Å²) < 4.78 is 2.11. The molecule has 0 fully saturated rings. The molecule has 0 amide bonds. The zero-order valence-corrected chi connectivity index (χ0v) is 7.91. The van der Waals surface area contributed by atoms with E-state index in [0.29, 0.717) is 6.54 Å². The van der Waals surface area contributed by atoms with Crippen molar-refractivity contribution in [2.24, 2.45) is 5.73 Å². The van der Waals surface area contributed by atoms with Crippen LogP contribution in [0.25, 0.3) is 5.65 Å². The van der Waals surface area contributed by atoms with Crippen molar-refractivity contribution in [1.82, 2.24) is 9.38 Å². The standard InChI is InChI=1S/C10H13N3/c1-7-4-3-5-10-12-8(2)9(6-11)13(7)10/h3-5H,6,11H2,1-2H3. The maximum atomic E-state index is 5.67. The van der Waals surface area contributed by atoms with E-state index in [1.807, 2.05) is 19.1 Å². The number of pyridine rings is 1. The molecule has 68 valence electrons. The van der Waals surface area contributed by atoms with E-state index in [4.69, 9.17) is 5.73 Å². The quantitative estimate of drug-likeness (QED) is 0.712. The van der Waals surface area contributed by atoms with Gasteiger partial charge in [-0.3, -0.25) is 4.40 Å². The van der Waals surface area contributed by atoms with E-state index >= 15 is 0 Å². The molecule has 3 heteroatoms. The molecule has 3 nitrogen and oxygen atoms in total. The number of rotatable bonds is 1. The molecule has 2 aromatic rings. The van der Waals surface area contributed by atoms with E-state index in [9.17, 15) is 0 Å². The van der Waals surface area contributed by atoms with Crippen LogP contribution in [0, 0.1) is 13.8 Å². The molecule has 2 heterocycles. The van der Waals surface area contributed by atoms with Gasteiger partial charge in [-0.1, -0.05) is 6.07 Å². The first-order valence-electron chi connectivity index (χ1n) is 4.37.